The normalized spacial score (nSPS) is 10.9. The summed E-state index contributed by atoms with van der Waals surface area (Å²) in [5.41, 5.74) is 2.69. The Kier molecular flexibility index (Phi) is 3.40. The maximum Gasteiger partial charge on any atom is 0.264 e. The van der Waals surface area contributed by atoms with Gasteiger partial charge in [-0.1, -0.05) is 18.2 Å². The van der Waals surface area contributed by atoms with Crippen LogP contribution in [0, 0.1) is 0 Å². The summed E-state index contributed by atoms with van der Waals surface area (Å²) in [7, 11) is -3.68. The predicted molar refractivity (Wildman–Crippen MR) is 67.1 cm³/mol. The molecule has 0 aliphatic rings. The molecule has 1 aromatic carbocycles. The predicted octanol–water partition coefficient (Wildman–Crippen LogP) is 0.563. The van der Waals surface area contributed by atoms with E-state index in [2.05, 4.69) is 20.1 Å². The van der Waals surface area contributed by atoms with Crippen LogP contribution in [0.25, 0.3) is 0 Å². The Morgan fingerprint density at radius 1 is 1.06 bits per heavy atom. The van der Waals surface area contributed by atoms with Crippen LogP contribution in [0.4, 0.5) is 11.6 Å². The van der Waals surface area contributed by atoms with Crippen molar-refractivity contribution in [2.45, 2.75) is 4.90 Å². The van der Waals surface area contributed by atoms with Crippen LogP contribution in [0.3, 0.4) is 0 Å². The second-order valence-electron chi connectivity index (χ2n) is 3.36. The van der Waals surface area contributed by atoms with Crippen molar-refractivity contribution in [3.8, 4) is 0 Å². The van der Waals surface area contributed by atoms with E-state index in [4.69, 9.17) is 5.84 Å². The highest BCUT2D eigenvalue weighted by molar-refractivity contribution is 7.92. The van der Waals surface area contributed by atoms with E-state index in [-0.39, 0.29) is 10.8 Å². The van der Waals surface area contributed by atoms with Gasteiger partial charge in [0.1, 0.15) is 4.90 Å². The van der Waals surface area contributed by atoms with Gasteiger partial charge >= 0.3 is 0 Å². The third-order valence-corrected chi connectivity index (χ3v) is 3.43. The van der Waals surface area contributed by atoms with Gasteiger partial charge in [0.2, 0.25) is 5.95 Å². The van der Waals surface area contributed by atoms with Gasteiger partial charge in [-0.3, -0.25) is 10.1 Å². The first-order valence-electron chi connectivity index (χ1n) is 4.98. The molecule has 8 heteroatoms. The van der Waals surface area contributed by atoms with Crippen molar-refractivity contribution in [3.05, 3.63) is 42.7 Å². The van der Waals surface area contributed by atoms with E-state index in [0.29, 0.717) is 5.69 Å². The summed E-state index contributed by atoms with van der Waals surface area (Å²) in [4.78, 5) is 7.44. The number of rotatable bonds is 4. The Bertz CT molecular complexity index is 612. The van der Waals surface area contributed by atoms with Gasteiger partial charge < -0.3 is 0 Å². The zero-order valence-electron chi connectivity index (χ0n) is 9.24. The van der Waals surface area contributed by atoms with Gasteiger partial charge in [-0.15, -0.1) is 0 Å². The average Bonchev–Trinajstić information content (AvgIpc) is 2.39. The van der Waals surface area contributed by atoms with Crippen LogP contribution in [0.5, 0.6) is 0 Å². The minimum atomic E-state index is -3.68. The molecule has 0 amide bonds. The first kappa shape index (κ1) is 12.3. The average molecular weight is 265 g/mol. The van der Waals surface area contributed by atoms with E-state index >= 15 is 0 Å². The Morgan fingerprint density at radius 2 is 1.67 bits per heavy atom. The molecule has 0 saturated carbocycles. The maximum atomic E-state index is 12.0. The summed E-state index contributed by atoms with van der Waals surface area (Å²) in [6.45, 7) is 0. The Morgan fingerprint density at radius 3 is 2.22 bits per heavy atom. The van der Waals surface area contributed by atoms with Crippen molar-refractivity contribution in [2.24, 2.45) is 5.84 Å². The smallest absolute Gasteiger partial charge is 0.264 e. The molecule has 0 radical (unpaired) electrons. The highest BCUT2D eigenvalue weighted by atomic mass is 32.2. The number of nitrogens with one attached hydrogen (secondary N) is 2. The molecular weight excluding hydrogens is 254 g/mol. The van der Waals surface area contributed by atoms with E-state index in [1.54, 1.807) is 30.3 Å². The molecule has 0 spiro atoms. The number of para-hydroxylation sites is 1. The zero-order chi connectivity index (χ0) is 13.0. The van der Waals surface area contributed by atoms with Gasteiger partial charge in [0.15, 0.2) is 0 Å². The number of anilines is 2. The summed E-state index contributed by atoms with van der Waals surface area (Å²) in [5, 5.41) is 0. The monoisotopic (exact) mass is 265 g/mol. The molecule has 0 unspecified atom stereocenters. The van der Waals surface area contributed by atoms with Gasteiger partial charge in [0, 0.05) is 5.69 Å². The minimum Gasteiger partial charge on any atom is -0.292 e. The van der Waals surface area contributed by atoms with Crippen LogP contribution in [0.15, 0.2) is 47.6 Å². The van der Waals surface area contributed by atoms with E-state index < -0.39 is 10.0 Å². The Hall–Kier alpha value is -2.19. The van der Waals surface area contributed by atoms with Crippen LogP contribution in [0.1, 0.15) is 0 Å². The largest absolute Gasteiger partial charge is 0.292 e. The Balaban J connectivity index is 2.25. The summed E-state index contributed by atoms with van der Waals surface area (Å²) in [6, 6.07) is 8.55. The maximum absolute atomic E-state index is 12.0. The molecule has 2 aromatic rings. The molecule has 0 aliphatic heterocycles. The second kappa shape index (κ2) is 4.98. The molecule has 4 N–H and O–H groups in total. The summed E-state index contributed by atoms with van der Waals surface area (Å²) < 4.78 is 26.3. The number of hydrogen-bond acceptors (Lipinski definition) is 6. The van der Waals surface area contributed by atoms with Gasteiger partial charge in [0.05, 0.1) is 12.4 Å². The number of hydrogen-bond donors (Lipinski definition) is 3. The second-order valence-corrected chi connectivity index (χ2v) is 5.04. The van der Waals surface area contributed by atoms with Crippen molar-refractivity contribution in [1.29, 1.82) is 0 Å². The number of aromatic nitrogens is 2. The quantitative estimate of drug-likeness (QED) is 0.550. The van der Waals surface area contributed by atoms with Crippen molar-refractivity contribution < 1.29 is 8.42 Å². The summed E-state index contributed by atoms with van der Waals surface area (Å²) in [6.07, 6.45) is 2.35. The highest BCUT2D eigenvalue weighted by Gasteiger charge is 2.15. The molecule has 1 aromatic heterocycles. The van der Waals surface area contributed by atoms with Crippen LogP contribution >= 0.6 is 0 Å². The van der Waals surface area contributed by atoms with Gasteiger partial charge in [-0.2, -0.15) is 0 Å². The summed E-state index contributed by atoms with van der Waals surface area (Å²) in [5.74, 6) is 5.24. The molecular formula is C10H11N5O2S. The van der Waals surface area contributed by atoms with Crippen LogP contribution in [-0.2, 0) is 10.0 Å². The molecule has 0 atom stereocenters. The lowest BCUT2D eigenvalue weighted by Crippen LogP contribution is -2.15. The molecule has 7 nitrogen and oxygen atoms in total. The number of hydrazine groups is 1. The fraction of sp³-hybridized carbons (Fsp3) is 0. The van der Waals surface area contributed by atoms with Crippen LogP contribution in [-0.4, -0.2) is 18.4 Å². The first-order valence-corrected chi connectivity index (χ1v) is 6.47. The van der Waals surface area contributed by atoms with E-state index in [1.807, 2.05) is 0 Å². The number of benzene rings is 1. The number of nitrogens with two attached hydrogens (primary N) is 1. The number of nitrogen functional groups attached to an aromatic ring is 1. The van der Waals surface area contributed by atoms with E-state index in [1.165, 1.54) is 12.4 Å². The molecule has 2 rings (SSSR count). The SMILES string of the molecule is NNc1ncc(S(=O)(=O)Nc2ccccc2)cn1. The van der Waals surface area contributed by atoms with Crippen molar-refractivity contribution in [3.63, 3.8) is 0 Å². The molecule has 0 fully saturated rings. The number of sulfonamides is 1. The molecule has 1 heterocycles. The van der Waals surface area contributed by atoms with E-state index in [0.717, 1.165) is 0 Å². The van der Waals surface area contributed by atoms with Crippen LogP contribution in [0.2, 0.25) is 0 Å². The van der Waals surface area contributed by atoms with Crippen molar-refractivity contribution >= 4 is 21.7 Å². The minimum absolute atomic E-state index is 0.0367. The standard InChI is InChI=1S/C10H11N5O2S/c11-14-10-12-6-9(7-13-10)18(16,17)15-8-4-2-1-3-5-8/h1-7,15H,11H2,(H,12,13,14). The molecule has 0 aliphatic carbocycles. The molecule has 94 valence electrons. The lowest BCUT2D eigenvalue weighted by molar-refractivity contribution is 0.600. The molecule has 0 saturated heterocycles. The van der Waals surface area contributed by atoms with Gasteiger partial charge in [-0.25, -0.2) is 24.2 Å². The van der Waals surface area contributed by atoms with Crippen molar-refractivity contribution in [2.75, 3.05) is 10.1 Å². The lowest BCUT2D eigenvalue weighted by Gasteiger charge is -2.07. The fourth-order valence-corrected chi connectivity index (χ4v) is 2.20. The third-order valence-electron chi connectivity index (χ3n) is 2.09. The lowest BCUT2D eigenvalue weighted by atomic mass is 10.3. The summed E-state index contributed by atoms with van der Waals surface area (Å²) >= 11 is 0. The highest BCUT2D eigenvalue weighted by Crippen LogP contribution is 2.14. The van der Waals surface area contributed by atoms with Crippen LogP contribution < -0.4 is 16.0 Å². The zero-order valence-corrected chi connectivity index (χ0v) is 10.1. The van der Waals surface area contributed by atoms with Gasteiger partial charge in [0.25, 0.3) is 10.0 Å². The Labute approximate surface area is 104 Å². The van der Waals surface area contributed by atoms with Gasteiger partial charge in [-0.05, 0) is 12.1 Å². The van der Waals surface area contributed by atoms with E-state index in [9.17, 15) is 8.42 Å². The first-order chi connectivity index (χ1) is 8.62. The number of nitrogens with zero attached hydrogens (tertiary/aromatic N) is 2. The molecule has 0 bridgehead atoms. The topological polar surface area (TPSA) is 110 Å². The molecule has 18 heavy (non-hydrogen) atoms. The van der Waals surface area contributed by atoms with Crippen molar-refractivity contribution in [1.82, 2.24) is 9.97 Å². The fourth-order valence-electron chi connectivity index (χ4n) is 1.25. The third kappa shape index (κ3) is 2.73.